The van der Waals surface area contributed by atoms with E-state index >= 15 is 0 Å². The summed E-state index contributed by atoms with van der Waals surface area (Å²) in [5.74, 6) is 0.818. The lowest BCUT2D eigenvalue weighted by atomic mass is 10.2. The van der Waals surface area contributed by atoms with Crippen LogP contribution in [0.4, 0.5) is 0 Å². The third kappa shape index (κ3) is 1.55. The Morgan fingerprint density at radius 3 is 2.50 bits per heavy atom. The Hall–Kier alpha value is -1.88. The van der Waals surface area contributed by atoms with Crippen molar-refractivity contribution >= 4 is 23.7 Å². The van der Waals surface area contributed by atoms with Gasteiger partial charge in [-0.05, 0) is 12.1 Å². The maximum absolute atomic E-state index is 4.43. The van der Waals surface area contributed by atoms with E-state index in [2.05, 4.69) is 32.8 Å². The summed E-state index contributed by atoms with van der Waals surface area (Å²) in [5.41, 5.74) is 2.73. The molecule has 2 heterocycles. The normalized spacial score (nSPS) is 10.8. The number of aromatic amines is 1. The fourth-order valence-corrected chi connectivity index (χ4v) is 1.68. The van der Waals surface area contributed by atoms with Crippen molar-refractivity contribution in [3.63, 3.8) is 0 Å². The maximum Gasteiger partial charge on any atom is 0.138 e. The van der Waals surface area contributed by atoms with Gasteiger partial charge in [-0.25, -0.2) is 4.98 Å². The molecule has 2 aromatic heterocycles. The number of nitrogens with zero attached hydrogens (tertiary/aromatic N) is 3. The summed E-state index contributed by atoms with van der Waals surface area (Å²) >= 11 is 4.24. The zero-order valence-electron chi connectivity index (χ0n) is 8.25. The van der Waals surface area contributed by atoms with Crippen LogP contribution in [0.1, 0.15) is 0 Å². The average molecular weight is 228 g/mol. The van der Waals surface area contributed by atoms with Crippen LogP contribution in [0.25, 0.3) is 22.4 Å². The SMILES string of the molecule is Sc1ccc(-c2nc3cnncc3[nH]2)cc1. The van der Waals surface area contributed by atoms with E-state index in [9.17, 15) is 0 Å². The highest BCUT2D eigenvalue weighted by Gasteiger charge is 2.04. The summed E-state index contributed by atoms with van der Waals surface area (Å²) in [6.45, 7) is 0. The van der Waals surface area contributed by atoms with Crippen LogP contribution in [-0.4, -0.2) is 20.2 Å². The van der Waals surface area contributed by atoms with Gasteiger partial charge in [0.15, 0.2) is 0 Å². The van der Waals surface area contributed by atoms with Crippen molar-refractivity contribution in [3.8, 4) is 11.4 Å². The molecule has 4 nitrogen and oxygen atoms in total. The number of fused-ring (bicyclic) bond motifs is 1. The van der Waals surface area contributed by atoms with Gasteiger partial charge in [0.2, 0.25) is 0 Å². The van der Waals surface area contributed by atoms with Gasteiger partial charge in [0.25, 0.3) is 0 Å². The van der Waals surface area contributed by atoms with Crippen molar-refractivity contribution in [3.05, 3.63) is 36.7 Å². The second kappa shape index (κ2) is 3.61. The Balaban J connectivity index is 2.15. The van der Waals surface area contributed by atoms with E-state index in [0.29, 0.717) is 0 Å². The van der Waals surface area contributed by atoms with Gasteiger partial charge in [0.1, 0.15) is 11.3 Å². The second-order valence-corrected chi connectivity index (χ2v) is 3.94. The number of benzene rings is 1. The minimum atomic E-state index is 0.818. The maximum atomic E-state index is 4.43. The van der Waals surface area contributed by atoms with E-state index in [1.165, 1.54) is 0 Å². The van der Waals surface area contributed by atoms with E-state index in [1.54, 1.807) is 12.4 Å². The monoisotopic (exact) mass is 228 g/mol. The van der Waals surface area contributed by atoms with Crippen molar-refractivity contribution in [2.75, 3.05) is 0 Å². The molecule has 16 heavy (non-hydrogen) atoms. The summed E-state index contributed by atoms with van der Waals surface area (Å²) in [5, 5.41) is 7.59. The van der Waals surface area contributed by atoms with Gasteiger partial charge in [0, 0.05) is 10.5 Å². The zero-order valence-corrected chi connectivity index (χ0v) is 9.15. The summed E-state index contributed by atoms with van der Waals surface area (Å²) in [6.07, 6.45) is 3.31. The molecule has 0 saturated heterocycles. The van der Waals surface area contributed by atoms with Gasteiger partial charge in [-0.3, -0.25) is 0 Å². The van der Waals surface area contributed by atoms with E-state index in [0.717, 1.165) is 27.3 Å². The minimum Gasteiger partial charge on any atom is -0.337 e. The summed E-state index contributed by atoms with van der Waals surface area (Å²) < 4.78 is 0. The van der Waals surface area contributed by atoms with E-state index < -0.39 is 0 Å². The Labute approximate surface area is 97.2 Å². The van der Waals surface area contributed by atoms with Gasteiger partial charge in [-0.15, -0.1) is 12.6 Å². The zero-order chi connectivity index (χ0) is 11.0. The van der Waals surface area contributed by atoms with Crippen LogP contribution in [0.15, 0.2) is 41.6 Å². The number of imidazole rings is 1. The molecular weight excluding hydrogens is 220 g/mol. The molecular formula is C11H8N4S. The highest BCUT2D eigenvalue weighted by atomic mass is 32.1. The quantitative estimate of drug-likeness (QED) is 0.628. The minimum absolute atomic E-state index is 0.818. The molecule has 1 N–H and O–H groups in total. The first kappa shape index (κ1) is 9.35. The van der Waals surface area contributed by atoms with Crippen LogP contribution in [0.5, 0.6) is 0 Å². The molecule has 3 rings (SSSR count). The molecule has 3 aromatic rings. The molecule has 78 valence electrons. The van der Waals surface area contributed by atoms with Crippen LogP contribution in [-0.2, 0) is 0 Å². The Morgan fingerprint density at radius 2 is 1.75 bits per heavy atom. The number of H-pyrrole nitrogens is 1. The molecule has 5 heteroatoms. The Kier molecular flexibility index (Phi) is 2.11. The highest BCUT2D eigenvalue weighted by Crippen LogP contribution is 2.20. The summed E-state index contributed by atoms with van der Waals surface area (Å²) in [7, 11) is 0. The summed E-state index contributed by atoms with van der Waals surface area (Å²) in [4.78, 5) is 8.56. The lowest BCUT2D eigenvalue weighted by Crippen LogP contribution is -1.79. The standard InChI is InChI=1S/C11H8N4S/c16-8-3-1-7(2-4-8)11-14-9-5-12-13-6-10(9)15-11/h1-6,16H,(H,14,15). The molecule has 0 aliphatic rings. The number of hydrogen-bond acceptors (Lipinski definition) is 4. The fourth-order valence-electron chi connectivity index (χ4n) is 1.53. The van der Waals surface area contributed by atoms with Crippen LogP contribution >= 0.6 is 12.6 Å². The molecule has 0 radical (unpaired) electrons. The van der Waals surface area contributed by atoms with Gasteiger partial charge < -0.3 is 4.98 Å². The number of nitrogens with one attached hydrogen (secondary N) is 1. The Bertz CT molecular complexity index is 597. The van der Waals surface area contributed by atoms with Crippen molar-refractivity contribution in [1.29, 1.82) is 0 Å². The van der Waals surface area contributed by atoms with Gasteiger partial charge in [0.05, 0.1) is 17.9 Å². The molecule has 0 fully saturated rings. The van der Waals surface area contributed by atoms with E-state index in [-0.39, 0.29) is 0 Å². The first-order chi connectivity index (χ1) is 7.83. The molecule has 1 aromatic carbocycles. The van der Waals surface area contributed by atoms with Crippen LogP contribution in [0.3, 0.4) is 0 Å². The lowest BCUT2D eigenvalue weighted by Gasteiger charge is -1.95. The molecule has 0 amide bonds. The smallest absolute Gasteiger partial charge is 0.138 e. The van der Waals surface area contributed by atoms with Crippen LogP contribution in [0, 0.1) is 0 Å². The molecule has 0 aliphatic carbocycles. The van der Waals surface area contributed by atoms with Crippen LogP contribution < -0.4 is 0 Å². The molecule has 0 saturated carbocycles. The van der Waals surface area contributed by atoms with Crippen molar-refractivity contribution < 1.29 is 0 Å². The molecule has 0 unspecified atom stereocenters. The molecule has 0 bridgehead atoms. The number of aromatic nitrogens is 4. The number of thiol groups is 1. The van der Waals surface area contributed by atoms with E-state index in [1.807, 2.05) is 24.3 Å². The fraction of sp³-hybridized carbons (Fsp3) is 0. The number of hydrogen-bond donors (Lipinski definition) is 2. The van der Waals surface area contributed by atoms with Crippen molar-refractivity contribution in [2.24, 2.45) is 0 Å². The predicted octanol–water partition coefficient (Wildman–Crippen LogP) is 2.31. The van der Waals surface area contributed by atoms with Crippen molar-refractivity contribution in [1.82, 2.24) is 20.2 Å². The second-order valence-electron chi connectivity index (χ2n) is 3.42. The third-order valence-electron chi connectivity index (χ3n) is 2.34. The first-order valence-electron chi connectivity index (χ1n) is 4.79. The number of rotatable bonds is 1. The highest BCUT2D eigenvalue weighted by molar-refractivity contribution is 7.80. The van der Waals surface area contributed by atoms with Gasteiger partial charge in [-0.1, -0.05) is 12.1 Å². The third-order valence-corrected chi connectivity index (χ3v) is 2.63. The molecule has 0 spiro atoms. The van der Waals surface area contributed by atoms with Gasteiger partial charge in [-0.2, -0.15) is 10.2 Å². The lowest BCUT2D eigenvalue weighted by molar-refractivity contribution is 1.05. The average Bonchev–Trinajstić information content (AvgIpc) is 2.73. The van der Waals surface area contributed by atoms with Crippen LogP contribution in [0.2, 0.25) is 0 Å². The predicted molar refractivity (Wildman–Crippen MR) is 64.4 cm³/mol. The molecule has 0 atom stereocenters. The first-order valence-corrected chi connectivity index (χ1v) is 5.23. The molecule has 0 aliphatic heterocycles. The van der Waals surface area contributed by atoms with Gasteiger partial charge >= 0.3 is 0 Å². The van der Waals surface area contributed by atoms with E-state index in [4.69, 9.17) is 0 Å². The topological polar surface area (TPSA) is 54.5 Å². The van der Waals surface area contributed by atoms with Crippen molar-refractivity contribution in [2.45, 2.75) is 4.90 Å². The summed E-state index contributed by atoms with van der Waals surface area (Å²) in [6, 6.07) is 7.81. The largest absolute Gasteiger partial charge is 0.337 e. The Morgan fingerprint density at radius 1 is 1.00 bits per heavy atom.